The highest BCUT2D eigenvalue weighted by atomic mass is 32.1. The molecule has 0 aliphatic heterocycles. The van der Waals surface area contributed by atoms with Crippen molar-refractivity contribution in [2.75, 3.05) is 5.32 Å². The highest BCUT2D eigenvalue weighted by Gasteiger charge is 2.08. The highest BCUT2D eigenvalue weighted by Crippen LogP contribution is 2.15. The Labute approximate surface area is 90.4 Å². The third kappa shape index (κ3) is 2.35. The second-order valence-electron chi connectivity index (χ2n) is 2.88. The van der Waals surface area contributed by atoms with Crippen molar-refractivity contribution in [3.8, 4) is 0 Å². The Kier molecular flexibility index (Phi) is 2.68. The van der Waals surface area contributed by atoms with Crippen LogP contribution in [0.1, 0.15) is 16.2 Å². The van der Waals surface area contributed by atoms with Gasteiger partial charge in [0.25, 0.3) is 5.91 Å². The molecule has 0 aromatic carbocycles. The lowest BCUT2D eigenvalue weighted by Gasteiger charge is -1.99. The van der Waals surface area contributed by atoms with Crippen LogP contribution in [0.2, 0.25) is 0 Å². The van der Waals surface area contributed by atoms with E-state index in [1.165, 1.54) is 30.1 Å². The summed E-state index contributed by atoms with van der Waals surface area (Å²) in [6.07, 6.45) is 4.42. The molecule has 0 saturated carbocycles. The van der Waals surface area contributed by atoms with Crippen molar-refractivity contribution in [3.05, 3.63) is 36.0 Å². The largest absolute Gasteiger partial charge is 0.311 e. The van der Waals surface area contributed by atoms with E-state index < -0.39 is 0 Å². The second kappa shape index (κ2) is 4.14. The molecular formula is C9H8N4OS. The topological polar surface area (TPSA) is 67.8 Å². The number of carbonyl (C=O) groups excluding carboxylic acids is 1. The molecule has 2 aromatic heterocycles. The quantitative estimate of drug-likeness (QED) is 0.832. The summed E-state index contributed by atoms with van der Waals surface area (Å²) in [4.78, 5) is 19.3. The zero-order valence-electron chi connectivity index (χ0n) is 7.97. The Hall–Kier alpha value is -1.82. The van der Waals surface area contributed by atoms with E-state index in [-0.39, 0.29) is 5.91 Å². The van der Waals surface area contributed by atoms with Crippen molar-refractivity contribution in [1.29, 1.82) is 0 Å². The maximum Gasteiger partial charge on any atom is 0.276 e. The van der Waals surface area contributed by atoms with Crippen LogP contribution in [0.25, 0.3) is 0 Å². The van der Waals surface area contributed by atoms with Gasteiger partial charge < -0.3 is 5.32 Å². The SMILES string of the molecule is Cc1cc(NC(=O)c2cnccn2)sn1. The van der Waals surface area contributed by atoms with Crippen LogP contribution in [-0.2, 0) is 0 Å². The lowest BCUT2D eigenvalue weighted by atomic mass is 10.4. The van der Waals surface area contributed by atoms with Gasteiger partial charge in [-0.15, -0.1) is 0 Å². The summed E-state index contributed by atoms with van der Waals surface area (Å²) in [5.74, 6) is -0.272. The van der Waals surface area contributed by atoms with E-state index in [2.05, 4.69) is 19.7 Å². The number of anilines is 1. The fourth-order valence-electron chi connectivity index (χ4n) is 1.01. The number of nitrogens with zero attached hydrogens (tertiary/aromatic N) is 3. The second-order valence-corrected chi connectivity index (χ2v) is 3.68. The van der Waals surface area contributed by atoms with Crippen LogP contribution < -0.4 is 5.32 Å². The van der Waals surface area contributed by atoms with Crippen molar-refractivity contribution < 1.29 is 4.79 Å². The minimum atomic E-state index is -0.272. The summed E-state index contributed by atoms with van der Waals surface area (Å²) in [7, 11) is 0. The third-order valence-electron chi connectivity index (χ3n) is 1.66. The van der Waals surface area contributed by atoms with Gasteiger partial charge in [-0.05, 0) is 24.5 Å². The molecule has 0 radical (unpaired) electrons. The summed E-state index contributed by atoms with van der Waals surface area (Å²) in [6, 6.07) is 1.80. The van der Waals surface area contributed by atoms with Crippen molar-refractivity contribution >= 4 is 22.4 Å². The molecule has 15 heavy (non-hydrogen) atoms. The summed E-state index contributed by atoms with van der Waals surface area (Å²) in [6.45, 7) is 1.87. The summed E-state index contributed by atoms with van der Waals surface area (Å²) >= 11 is 1.24. The van der Waals surface area contributed by atoms with E-state index in [0.29, 0.717) is 10.7 Å². The zero-order valence-corrected chi connectivity index (χ0v) is 8.78. The van der Waals surface area contributed by atoms with Crippen LogP contribution >= 0.6 is 11.5 Å². The van der Waals surface area contributed by atoms with Crippen molar-refractivity contribution in [3.63, 3.8) is 0 Å². The first kappa shape index (κ1) is 9.72. The van der Waals surface area contributed by atoms with Crippen molar-refractivity contribution in [2.24, 2.45) is 0 Å². The van der Waals surface area contributed by atoms with E-state index in [1.807, 2.05) is 6.92 Å². The minimum absolute atomic E-state index is 0.272. The number of rotatable bonds is 2. The van der Waals surface area contributed by atoms with Gasteiger partial charge in [0, 0.05) is 12.4 Å². The molecule has 0 aliphatic carbocycles. The predicted molar refractivity (Wildman–Crippen MR) is 56.8 cm³/mol. The first-order valence-electron chi connectivity index (χ1n) is 4.26. The third-order valence-corrected chi connectivity index (χ3v) is 2.46. The first-order valence-corrected chi connectivity index (χ1v) is 5.04. The Balaban J connectivity index is 2.11. The first-order chi connectivity index (χ1) is 7.25. The van der Waals surface area contributed by atoms with Crippen LogP contribution in [0.15, 0.2) is 24.7 Å². The predicted octanol–water partition coefficient (Wildman–Crippen LogP) is 1.49. The molecule has 76 valence electrons. The molecule has 0 unspecified atom stereocenters. The van der Waals surface area contributed by atoms with Gasteiger partial charge in [0.1, 0.15) is 10.7 Å². The van der Waals surface area contributed by atoms with Crippen LogP contribution in [0, 0.1) is 6.92 Å². The van der Waals surface area contributed by atoms with Crippen molar-refractivity contribution in [2.45, 2.75) is 6.92 Å². The molecule has 0 bridgehead atoms. The summed E-state index contributed by atoms with van der Waals surface area (Å²) in [5.41, 5.74) is 1.18. The van der Waals surface area contributed by atoms with Gasteiger partial charge in [0.15, 0.2) is 0 Å². The van der Waals surface area contributed by atoms with Crippen LogP contribution in [0.3, 0.4) is 0 Å². The molecular weight excluding hydrogens is 212 g/mol. The Morgan fingerprint density at radius 3 is 2.93 bits per heavy atom. The molecule has 0 saturated heterocycles. The van der Waals surface area contributed by atoms with E-state index in [1.54, 1.807) is 6.07 Å². The standard InChI is InChI=1S/C9H8N4OS/c1-6-4-8(15-13-6)12-9(14)7-5-10-2-3-11-7/h2-5H,1H3,(H,12,14). The number of hydrogen-bond acceptors (Lipinski definition) is 5. The molecule has 1 amide bonds. The fourth-order valence-corrected chi connectivity index (χ4v) is 1.67. The molecule has 0 fully saturated rings. The van der Waals surface area contributed by atoms with Gasteiger partial charge in [0.2, 0.25) is 0 Å². The smallest absolute Gasteiger partial charge is 0.276 e. The van der Waals surface area contributed by atoms with Gasteiger partial charge in [-0.3, -0.25) is 9.78 Å². The summed E-state index contributed by atoms with van der Waals surface area (Å²) in [5, 5.41) is 3.40. The van der Waals surface area contributed by atoms with Crippen LogP contribution in [-0.4, -0.2) is 20.2 Å². The fraction of sp³-hybridized carbons (Fsp3) is 0.111. The maximum absolute atomic E-state index is 11.6. The van der Waals surface area contributed by atoms with Gasteiger partial charge in [-0.25, -0.2) is 4.98 Å². The van der Waals surface area contributed by atoms with E-state index in [9.17, 15) is 4.79 Å². The molecule has 2 heterocycles. The van der Waals surface area contributed by atoms with Crippen LogP contribution in [0.4, 0.5) is 5.00 Å². The van der Waals surface area contributed by atoms with Crippen molar-refractivity contribution in [1.82, 2.24) is 14.3 Å². The Bertz CT molecular complexity index is 468. The molecule has 5 nitrogen and oxygen atoms in total. The summed E-state index contributed by atoms with van der Waals surface area (Å²) < 4.78 is 4.05. The Morgan fingerprint density at radius 2 is 2.33 bits per heavy atom. The highest BCUT2D eigenvalue weighted by molar-refractivity contribution is 7.10. The zero-order chi connectivity index (χ0) is 10.7. The number of amides is 1. The molecule has 0 spiro atoms. The van der Waals surface area contributed by atoms with E-state index in [4.69, 9.17) is 0 Å². The van der Waals surface area contributed by atoms with Gasteiger partial charge in [0.05, 0.1) is 11.9 Å². The maximum atomic E-state index is 11.6. The monoisotopic (exact) mass is 220 g/mol. The average molecular weight is 220 g/mol. The molecule has 2 rings (SSSR count). The molecule has 2 aromatic rings. The lowest BCUT2D eigenvalue weighted by Crippen LogP contribution is -2.12. The average Bonchev–Trinajstić information content (AvgIpc) is 2.65. The molecule has 1 N–H and O–H groups in total. The van der Waals surface area contributed by atoms with Gasteiger partial charge >= 0.3 is 0 Å². The Morgan fingerprint density at radius 1 is 1.47 bits per heavy atom. The normalized spacial score (nSPS) is 9.93. The molecule has 0 aliphatic rings. The number of carbonyl (C=O) groups is 1. The number of aromatic nitrogens is 3. The lowest BCUT2D eigenvalue weighted by molar-refractivity contribution is 0.102. The van der Waals surface area contributed by atoms with Crippen LogP contribution in [0.5, 0.6) is 0 Å². The van der Waals surface area contributed by atoms with E-state index in [0.717, 1.165) is 5.69 Å². The van der Waals surface area contributed by atoms with E-state index >= 15 is 0 Å². The molecule has 6 heteroatoms. The van der Waals surface area contributed by atoms with Gasteiger partial charge in [-0.2, -0.15) is 4.37 Å². The van der Waals surface area contributed by atoms with Gasteiger partial charge in [-0.1, -0.05) is 0 Å². The minimum Gasteiger partial charge on any atom is -0.311 e. The number of aryl methyl sites for hydroxylation is 1. The number of nitrogens with one attached hydrogen (secondary N) is 1. The molecule has 0 atom stereocenters. The number of hydrogen-bond donors (Lipinski definition) is 1.